The third kappa shape index (κ3) is 4.55. The van der Waals surface area contributed by atoms with Gasteiger partial charge in [-0.15, -0.1) is 11.8 Å². The van der Waals surface area contributed by atoms with Crippen LogP contribution in [0.25, 0.3) is 0 Å². The van der Waals surface area contributed by atoms with Gasteiger partial charge in [0.2, 0.25) is 11.8 Å². The lowest BCUT2D eigenvalue weighted by molar-refractivity contribution is -0.132. The van der Waals surface area contributed by atoms with Crippen molar-refractivity contribution in [2.45, 2.75) is 43.3 Å². The summed E-state index contributed by atoms with van der Waals surface area (Å²) in [6, 6.07) is 7.65. The topological polar surface area (TPSA) is 61.4 Å². The summed E-state index contributed by atoms with van der Waals surface area (Å²) in [5.41, 5.74) is 1.22. The van der Waals surface area contributed by atoms with E-state index in [-0.39, 0.29) is 17.1 Å². The van der Waals surface area contributed by atoms with Crippen LogP contribution in [0.4, 0.5) is 5.69 Å². The van der Waals surface area contributed by atoms with Crippen LogP contribution in [-0.2, 0) is 9.59 Å². The van der Waals surface area contributed by atoms with Gasteiger partial charge in [-0.25, -0.2) is 0 Å². The summed E-state index contributed by atoms with van der Waals surface area (Å²) >= 11 is 1.58. The molecule has 5 nitrogen and oxygen atoms in total. The van der Waals surface area contributed by atoms with Gasteiger partial charge in [-0.2, -0.15) is 0 Å². The molecule has 1 spiro atoms. The van der Waals surface area contributed by atoms with Gasteiger partial charge in [0, 0.05) is 37.1 Å². The van der Waals surface area contributed by atoms with Crippen molar-refractivity contribution < 1.29 is 9.59 Å². The molecule has 1 unspecified atom stereocenters. The van der Waals surface area contributed by atoms with Crippen LogP contribution in [0.5, 0.6) is 0 Å². The molecule has 2 saturated heterocycles. The number of anilines is 1. The number of hydrogen-bond donors (Lipinski definition) is 2. The average Bonchev–Trinajstić information content (AvgIpc) is 3.04. The second kappa shape index (κ2) is 7.79. The molecule has 2 amide bonds. The van der Waals surface area contributed by atoms with Crippen LogP contribution in [0.3, 0.4) is 0 Å². The minimum absolute atomic E-state index is 0.0794. The van der Waals surface area contributed by atoms with Crippen LogP contribution < -0.4 is 10.6 Å². The highest BCUT2D eigenvalue weighted by Gasteiger charge is 2.38. The van der Waals surface area contributed by atoms with Crippen molar-refractivity contribution in [3.63, 3.8) is 0 Å². The molecular weight excluding hydrogens is 334 g/mol. The van der Waals surface area contributed by atoms with Gasteiger partial charge in [0.25, 0.3) is 0 Å². The second-order valence-corrected chi connectivity index (χ2v) is 8.63. The van der Waals surface area contributed by atoms with Crippen molar-refractivity contribution in [1.29, 1.82) is 0 Å². The minimum Gasteiger partial charge on any atom is -0.342 e. The predicted molar refractivity (Wildman–Crippen MR) is 102 cm³/mol. The van der Waals surface area contributed by atoms with Crippen molar-refractivity contribution in [1.82, 2.24) is 10.2 Å². The van der Waals surface area contributed by atoms with Crippen LogP contribution in [0.1, 0.15) is 33.1 Å². The number of nitrogens with one attached hydrogen (secondary N) is 2. The highest BCUT2D eigenvalue weighted by Crippen LogP contribution is 2.37. The Kier molecular flexibility index (Phi) is 5.69. The second-order valence-electron chi connectivity index (χ2n) is 7.22. The third-order valence-electron chi connectivity index (χ3n) is 5.30. The van der Waals surface area contributed by atoms with Gasteiger partial charge in [0.1, 0.15) is 0 Å². The number of amides is 2. The zero-order valence-corrected chi connectivity index (χ0v) is 15.8. The monoisotopic (exact) mass is 361 g/mol. The molecule has 1 aromatic carbocycles. The maximum Gasteiger partial charge on any atom is 0.235 e. The Bertz CT molecular complexity index is 616. The summed E-state index contributed by atoms with van der Waals surface area (Å²) in [6.07, 6.45) is 3.49. The number of rotatable bonds is 4. The molecule has 0 aromatic heterocycles. The summed E-state index contributed by atoms with van der Waals surface area (Å²) in [5.74, 6) is 0.154. The molecule has 25 heavy (non-hydrogen) atoms. The molecule has 0 aliphatic carbocycles. The molecule has 2 N–H and O–H groups in total. The lowest BCUT2D eigenvalue weighted by Gasteiger charge is -2.39. The Labute approximate surface area is 153 Å². The molecule has 6 heteroatoms. The van der Waals surface area contributed by atoms with Crippen molar-refractivity contribution in [3.8, 4) is 0 Å². The fourth-order valence-electron chi connectivity index (χ4n) is 3.76. The van der Waals surface area contributed by atoms with Crippen molar-refractivity contribution in [2.75, 3.05) is 31.5 Å². The van der Waals surface area contributed by atoms with Crippen molar-refractivity contribution in [3.05, 3.63) is 24.3 Å². The Hall–Kier alpha value is -1.53. The van der Waals surface area contributed by atoms with Crippen molar-refractivity contribution in [2.24, 2.45) is 5.41 Å². The van der Waals surface area contributed by atoms with Crippen LogP contribution in [0.2, 0.25) is 0 Å². The molecule has 1 aromatic rings. The molecule has 0 bridgehead atoms. The zero-order valence-electron chi connectivity index (χ0n) is 15.0. The van der Waals surface area contributed by atoms with Crippen LogP contribution in [0, 0.1) is 5.41 Å². The number of benzene rings is 1. The molecule has 3 rings (SSSR count). The fourth-order valence-corrected chi connectivity index (χ4v) is 4.71. The molecule has 0 radical (unpaired) electrons. The van der Waals surface area contributed by atoms with Crippen LogP contribution in [0.15, 0.2) is 29.2 Å². The van der Waals surface area contributed by atoms with E-state index in [0.29, 0.717) is 5.41 Å². The fraction of sp³-hybridized carbons (Fsp3) is 0.579. The first-order valence-corrected chi connectivity index (χ1v) is 9.89. The molecule has 2 fully saturated rings. The highest BCUT2D eigenvalue weighted by atomic mass is 32.2. The van der Waals surface area contributed by atoms with E-state index in [1.807, 2.05) is 36.1 Å². The van der Waals surface area contributed by atoms with Gasteiger partial charge in [0.05, 0.1) is 5.25 Å². The first kappa shape index (κ1) is 18.3. The van der Waals surface area contributed by atoms with Crippen molar-refractivity contribution >= 4 is 29.3 Å². The standard InChI is InChI=1S/C19H27N3O2S/c1-14(25-17-5-3-16(4-6-17)21-15(2)23)18(24)22-11-8-19(9-12-22)7-10-20-13-19/h3-6,14,20H,7-13H2,1-2H3,(H,21,23). The van der Waals surface area contributed by atoms with Gasteiger partial charge in [-0.05, 0) is 62.4 Å². The molecular formula is C19H27N3O2S. The maximum atomic E-state index is 12.8. The van der Waals surface area contributed by atoms with E-state index in [0.717, 1.165) is 49.6 Å². The first-order chi connectivity index (χ1) is 12.0. The van der Waals surface area contributed by atoms with E-state index in [2.05, 4.69) is 10.6 Å². The number of piperidine rings is 1. The molecule has 2 aliphatic rings. The molecule has 1 atom stereocenters. The van der Waals surface area contributed by atoms with E-state index < -0.39 is 0 Å². The van der Waals surface area contributed by atoms with E-state index in [4.69, 9.17) is 0 Å². The summed E-state index contributed by atoms with van der Waals surface area (Å²) < 4.78 is 0. The van der Waals surface area contributed by atoms with Gasteiger partial charge >= 0.3 is 0 Å². The smallest absolute Gasteiger partial charge is 0.235 e. The Morgan fingerprint density at radius 2 is 1.88 bits per heavy atom. The van der Waals surface area contributed by atoms with Crippen LogP contribution in [-0.4, -0.2) is 48.1 Å². The summed E-state index contributed by atoms with van der Waals surface area (Å²) in [5, 5.41) is 6.12. The number of thioether (sulfide) groups is 1. The van der Waals surface area contributed by atoms with Gasteiger partial charge in [-0.3, -0.25) is 9.59 Å². The predicted octanol–water partition coefficient (Wildman–Crippen LogP) is 2.73. The summed E-state index contributed by atoms with van der Waals surface area (Å²) in [4.78, 5) is 26.9. The molecule has 136 valence electrons. The number of carbonyl (C=O) groups excluding carboxylic acids is 2. The average molecular weight is 362 g/mol. The molecule has 2 aliphatic heterocycles. The summed E-state index contributed by atoms with van der Waals surface area (Å²) in [7, 11) is 0. The van der Waals surface area contributed by atoms with Gasteiger partial charge in [0.15, 0.2) is 0 Å². The van der Waals surface area contributed by atoms with E-state index in [9.17, 15) is 9.59 Å². The number of hydrogen-bond acceptors (Lipinski definition) is 4. The Morgan fingerprint density at radius 1 is 1.20 bits per heavy atom. The Balaban J connectivity index is 1.51. The first-order valence-electron chi connectivity index (χ1n) is 9.01. The number of likely N-dealkylation sites (tertiary alicyclic amines) is 1. The molecule has 0 saturated carbocycles. The normalized spacial score (nSPS) is 20.5. The summed E-state index contributed by atoms with van der Waals surface area (Å²) in [6.45, 7) is 7.47. The van der Waals surface area contributed by atoms with Gasteiger partial charge in [-0.1, -0.05) is 0 Å². The van der Waals surface area contributed by atoms with E-state index >= 15 is 0 Å². The quantitative estimate of drug-likeness (QED) is 0.810. The lowest BCUT2D eigenvalue weighted by Crippen LogP contribution is -2.46. The number of carbonyl (C=O) groups is 2. The van der Waals surface area contributed by atoms with Crippen LogP contribution >= 0.6 is 11.8 Å². The van der Waals surface area contributed by atoms with E-state index in [1.54, 1.807) is 11.8 Å². The highest BCUT2D eigenvalue weighted by molar-refractivity contribution is 8.00. The lowest BCUT2D eigenvalue weighted by atomic mass is 9.78. The number of nitrogens with zero attached hydrogens (tertiary/aromatic N) is 1. The largest absolute Gasteiger partial charge is 0.342 e. The SMILES string of the molecule is CC(=O)Nc1ccc(SC(C)C(=O)N2CCC3(CCNC3)CC2)cc1. The zero-order chi connectivity index (χ0) is 17.9. The minimum atomic E-state index is -0.0950. The van der Waals surface area contributed by atoms with Gasteiger partial charge < -0.3 is 15.5 Å². The van der Waals surface area contributed by atoms with E-state index in [1.165, 1.54) is 13.3 Å². The third-order valence-corrected chi connectivity index (χ3v) is 6.40. The maximum absolute atomic E-state index is 12.8. The molecule has 2 heterocycles. The Morgan fingerprint density at radius 3 is 2.44 bits per heavy atom.